The van der Waals surface area contributed by atoms with Gasteiger partial charge in [0.25, 0.3) is 5.91 Å². The molecule has 0 aliphatic heterocycles. The van der Waals surface area contributed by atoms with Gasteiger partial charge in [-0.3, -0.25) is 9.48 Å². The molecule has 0 saturated heterocycles. The molecule has 0 aliphatic carbocycles. The number of nitrogens with one attached hydrogen (secondary N) is 1. The van der Waals surface area contributed by atoms with Crippen molar-refractivity contribution in [3.8, 4) is 5.75 Å². The summed E-state index contributed by atoms with van der Waals surface area (Å²) in [4.78, 5) is 12.0. The van der Waals surface area contributed by atoms with Crippen LogP contribution in [-0.4, -0.2) is 22.8 Å². The second-order valence-corrected chi connectivity index (χ2v) is 4.02. The van der Waals surface area contributed by atoms with E-state index in [4.69, 9.17) is 4.74 Å². The fraction of sp³-hybridized carbons (Fsp3) is 0.231. The molecule has 1 N–H and O–H groups in total. The lowest BCUT2D eigenvalue weighted by Crippen LogP contribution is -2.14. The Kier molecular flexibility index (Phi) is 3.32. The molecule has 0 radical (unpaired) electrons. The summed E-state index contributed by atoms with van der Waals surface area (Å²) in [7, 11) is 3.39. The highest BCUT2D eigenvalue weighted by Crippen LogP contribution is 2.16. The Bertz CT molecular complexity index is 558. The van der Waals surface area contributed by atoms with Crippen molar-refractivity contribution in [3.05, 3.63) is 41.7 Å². The Balaban J connectivity index is 2.13. The summed E-state index contributed by atoms with van der Waals surface area (Å²) in [6.45, 7) is 1.86. The van der Waals surface area contributed by atoms with Crippen LogP contribution in [0.3, 0.4) is 0 Å². The average Bonchev–Trinajstić information content (AvgIpc) is 2.69. The molecule has 0 atom stereocenters. The van der Waals surface area contributed by atoms with Crippen LogP contribution in [0.25, 0.3) is 0 Å². The van der Waals surface area contributed by atoms with Gasteiger partial charge in [-0.15, -0.1) is 0 Å². The third-order valence-corrected chi connectivity index (χ3v) is 2.57. The smallest absolute Gasteiger partial charge is 0.276 e. The molecular formula is C13H15N3O2. The molecule has 2 aromatic rings. The van der Waals surface area contributed by atoms with Gasteiger partial charge in [0.2, 0.25) is 0 Å². The van der Waals surface area contributed by atoms with Gasteiger partial charge >= 0.3 is 0 Å². The molecule has 0 unspecified atom stereocenters. The van der Waals surface area contributed by atoms with E-state index in [-0.39, 0.29) is 5.91 Å². The van der Waals surface area contributed by atoms with Crippen molar-refractivity contribution in [2.45, 2.75) is 6.92 Å². The van der Waals surface area contributed by atoms with Crippen LogP contribution in [0.4, 0.5) is 5.69 Å². The van der Waals surface area contributed by atoms with Crippen LogP contribution in [0.5, 0.6) is 5.75 Å². The van der Waals surface area contributed by atoms with Crippen LogP contribution in [0, 0.1) is 6.92 Å². The maximum atomic E-state index is 12.0. The van der Waals surface area contributed by atoms with E-state index in [0.29, 0.717) is 11.4 Å². The molecule has 0 bridgehead atoms. The fourth-order valence-corrected chi connectivity index (χ4v) is 1.70. The van der Waals surface area contributed by atoms with Crippen molar-refractivity contribution >= 4 is 11.6 Å². The number of carbonyl (C=O) groups excluding carboxylic acids is 1. The molecule has 1 amide bonds. The summed E-state index contributed by atoms with van der Waals surface area (Å²) in [5.41, 5.74) is 2.00. The first kappa shape index (κ1) is 12.2. The highest BCUT2D eigenvalue weighted by Gasteiger charge is 2.13. The van der Waals surface area contributed by atoms with Crippen molar-refractivity contribution in [1.82, 2.24) is 9.78 Å². The van der Waals surface area contributed by atoms with Gasteiger partial charge in [-0.05, 0) is 31.2 Å². The SMILES string of the molecule is COc1ccc(NC(=O)c2nn(C)cc2C)cc1. The van der Waals surface area contributed by atoms with Crippen LogP contribution in [0.1, 0.15) is 16.1 Å². The van der Waals surface area contributed by atoms with E-state index in [0.717, 1.165) is 11.3 Å². The second kappa shape index (κ2) is 4.91. The minimum Gasteiger partial charge on any atom is -0.497 e. The molecule has 0 spiro atoms. The number of benzene rings is 1. The molecule has 1 heterocycles. The van der Waals surface area contributed by atoms with Gasteiger partial charge < -0.3 is 10.1 Å². The average molecular weight is 245 g/mol. The molecular weight excluding hydrogens is 230 g/mol. The van der Waals surface area contributed by atoms with Crippen LogP contribution in [0.2, 0.25) is 0 Å². The van der Waals surface area contributed by atoms with Crippen LogP contribution < -0.4 is 10.1 Å². The molecule has 5 nitrogen and oxygen atoms in total. The molecule has 0 aliphatic rings. The van der Waals surface area contributed by atoms with Crippen molar-refractivity contribution in [1.29, 1.82) is 0 Å². The quantitative estimate of drug-likeness (QED) is 0.899. The first-order chi connectivity index (χ1) is 8.60. The van der Waals surface area contributed by atoms with Crippen LogP contribution in [-0.2, 0) is 7.05 Å². The lowest BCUT2D eigenvalue weighted by molar-refractivity contribution is 0.102. The van der Waals surface area contributed by atoms with E-state index in [2.05, 4.69) is 10.4 Å². The monoisotopic (exact) mass is 245 g/mol. The zero-order valence-corrected chi connectivity index (χ0v) is 10.6. The molecule has 18 heavy (non-hydrogen) atoms. The second-order valence-electron chi connectivity index (χ2n) is 4.02. The predicted molar refractivity (Wildman–Crippen MR) is 68.9 cm³/mol. The maximum absolute atomic E-state index is 12.0. The number of carbonyl (C=O) groups is 1. The molecule has 94 valence electrons. The number of aromatic nitrogens is 2. The number of anilines is 1. The zero-order valence-electron chi connectivity index (χ0n) is 10.6. The normalized spacial score (nSPS) is 10.2. The zero-order chi connectivity index (χ0) is 13.1. The van der Waals surface area contributed by atoms with E-state index in [9.17, 15) is 4.79 Å². The van der Waals surface area contributed by atoms with E-state index in [1.165, 1.54) is 0 Å². The topological polar surface area (TPSA) is 56.1 Å². The standard InChI is InChI=1S/C13H15N3O2/c1-9-8-16(2)15-12(9)13(17)14-10-4-6-11(18-3)7-5-10/h4-8H,1-3H3,(H,14,17). The predicted octanol–water partition coefficient (Wildman–Crippen LogP) is 1.99. The lowest BCUT2D eigenvalue weighted by Gasteiger charge is -2.05. The number of nitrogens with zero attached hydrogens (tertiary/aromatic N) is 2. The highest BCUT2D eigenvalue weighted by atomic mass is 16.5. The summed E-state index contributed by atoms with van der Waals surface area (Å²) < 4.78 is 6.68. The molecule has 1 aromatic heterocycles. The largest absolute Gasteiger partial charge is 0.497 e. The molecule has 0 fully saturated rings. The highest BCUT2D eigenvalue weighted by molar-refractivity contribution is 6.03. The van der Waals surface area contributed by atoms with Crippen molar-refractivity contribution in [3.63, 3.8) is 0 Å². The van der Waals surface area contributed by atoms with Gasteiger partial charge in [0.05, 0.1) is 7.11 Å². The van der Waals surface area contributed by atoms with Crippen LogP contribution >= 0.6 is 0 Å². The Morgan fingerprint density at radius 3 is 2.50 bits per heavy atom. The van der Waals surface area contributed by atoms with Crippen molar-refractivity contribution in [2.75, 3.05) is 12.4 Å². The third kappa shape index (κ3) is 2.51. The number of hydrogen-bond donors (Lipinski definition) is 1. The van der Waals surface area contributed by atoms with E-state index >= 15 is 0 Å². The number of aryl methyl sites for hydroxylation is 2. The van der Waals surface area contributed by atoms with Gasteiger partial charge in [0, 0.05) is 24.5 Å². The number of hydrogen-bond acceptors (Lipinski definition) is 3. The third-order valence-electron chi connectivity index (χ3n) is 2.57. The minimum absolute atomic E-state index is 0.210. The van der Waals surface area contributed by atoms with Gasteiger partial charge in [-0.2, -0.15) is 5.10 Å². The Morgan fingerprint density at radius 1 is 1.33 bits per heavy atom. The van der Waals surface area contributed by atoms with Gasteiger partial charge in [-0.1, -0.05) is 0 Å². The summed E-state index contributed by atoms with van der Waals surface area (Å²) in [5, 5.41) is 6.91. The number of rotatable bonds is 3. The van der Waals surface area contributed by atoms with E-state index in [1.807, 2.05) is 13.1 Å². The summed E-state index contributed by atoms with van der Waals surface area (Å²) in [5.74, 6) is 0.542. The summed E-state index contributed by atoms with van der Waals surface area (Å²) in [6, 6.07) is 7.16. The number of amides is 1. The number of ether oxygens (including phenoxy) is 1. The minimum atomic E-state index is -0.210. The molecule has 2 rings (SSSR count). The van der Waals surface area contributed by atoms with Crippen LogP contribution in [0.15, 0.2) is 30.5 Å². The summed E-state index contributed by atoms with van der Waals surface area (Å²) >= 11 is 0. The molecule has 0 saturated carbocycles. The van der Waals surface area contributed by atoms with Crippen molar-refractivity contribution < 1.29 is 9.53 Å². The Morgan fingerprint density at radius 2 is 2.00 bits per heavy atom. The van der Waals surface area contributed by atoms with Crippen molar-refractivity contribution in [2.24, 2.45) is 7.05 Å². The number of methoxy groups -OCH3 is 1. The first-order valence-electron chi connectivity index (χ1n) is 5.56. The van der Waals surface area contributed by atoms with Gasteiger partial charge in [0.15, 0.2) is 5.69 Å². The first-order valence-corrected chi connectivity index (χ1v) is 5.56. The van der Waals surface area contributed by atoms with E-state index < -0.39 is 0 Å². The molecule has 5 heteroatoms. The molecule has 1 aromatic carbocycles. The maximum Gasteiger partial charge on any atom is 0.276 e. The fourth-order valence-electron chi connectivity index (χ4n) is 1.70. The Labute approximate surface area is 105 Å². The van der Waals surface area contributed by atoms with Gasteiger partial charge in [0.1, 0.15) is 5.75 Å². The Hall–Kier alpha value is -2.30. The van der Waals surface area contributed by atoms with E-state index in [1.54, 1.807) is 43.1 Å². The van der Waals surface area contributed by atoms with Gasteiger partial charge in [-0.25, -0.2) is 0 Å². The summed E-state index contributed by atoms with van der Waals surface area (Å²) in [6.07, 6.45) is 1.81. The lowest BCUT2D eigenvalue weighted by atomic mass is 10.2.